The van der Waals surface area contributed by atoms with Gasteiger partial charge in [0.05, 0.1) is 35.0 Å². The molecule has 3 aromatic rings. The first kappa shape index (κ1) is 17.2. The van der Waals surface area contributed by atoms with Gasteiger partial charge in [-0.05, 0) is 12.5 Å². The Morgan fingerprint density at radius 1 is 1.29 bits per heavy atom. The summed E-state index contributed by atoms with van der Waals surface area (Å²) in [5.74, 6) is -1.59. The van der Waals surface area contributed by atoms with Gasteiger partial charge in [0.1, 0.15) is 6.26 Å². The molecular weight excluding hydrogens is 399 g/mol. The average Bonchev–Trinajstić information content (AvgIpc) is 3.48. The van der Waals surface area contributed by atoms with Gasteiger partial charge in [-0.3, -0.25) is 4.79 Å². The van der Waals surface area contributed by atoms with E-state index in [1.165, 1.54) is 30.1 Å². The SMILES string of the molecule is O=C(c1ccoc1)N1CC2CC1CN2c1ncc(-c2noc(C(F)(F)F)n2)s1. The van der Waals surface area contributed by atoms with Gasteiger partial charge >= 0.3 is 12.1 Å². The minimum atomic E-state index is -4.68. The molecule has 0 radical (unpaired) electrons. The Hall–Kier alpha value is -2.89. The van der Waals surface area contributed by atoms with Gasteiger partial charge in [0.2, 0.25) is 5.82 Å². The summed E-state index contributed by atoms with van der Waals surface area (Å²) < 4.78 is 47.1. The number of hydrogen-bond donors (Lipinski definition) is 0. The number of rotatable bonds is 3. The summed E-state index contributed by atoms with van der Waals surface area (Å²) >= 11 is 1.20. The number of nitrogens with zero attached hydrogens (tertiary/aromatic N) is 5. The molecule has 2 atom stereocenters. The van der Waals surface area contributed by atoms with Crippen molar-refractivity contribution < 1.29 is 26.9 Å². The van der Waals surface area contributed by atoms with Crippen LogP contribution in [0.4, 0.5) is 18.3 Å². The van der Waals surface area contributed by atoms with Gasteiger partial charge in [0.15, 0.2) is 5.13 Å². The molecule has 1 amide bonds. The Labute approximate surface area is 159 Å². The molecule has 12 heteroatoms. The lowest BCUT2D eigenvalue weighted by Crippen LogP contribution is -2.48. The number of hydrogen-bond acceptors (Lipinski definition) is 8. The number of alkyl halides is 3. The number of halogens is 3. The van der Waals surface area contributed by atoms with Crippen molar-refractivity contribution in [2.45, 2.75) is 24.7 Å². The lowest BCUT2D eigenvalue weighted by atomic mass is 10.2. The Bertz CT molecular complexity index is 1020. The topological polar surface area (TPSA) is 88.5 Å². The first-order valence-electron chi connectivity index (χ1n) is 8.37. The van der Waals surface area contributed by atoms with E-state index >= 15 is 0 Å². The molecule has 2 saturated heterocycles. The lowest BCUT2D eigenvalue weighted by molar-refractivity contribution is -0.159. The Kier molecular flexibility index (Phi) is 3.73. The van der Waals surface area contributed by atoms with Gasteiger partial charge in [-0.1, -0.05) is 16.5 Å². The molecule has 2 aliphatic rings. The molecule has 3 aromatic heterocycles. The third-order valence-electron chi connectivity index (χ3n) is 4.90. The smallest absolute Gasteiger partial charge is 0.471 e. The van der Waals surface area contributed by atoms with Crippen LogP contribution in [0.15, 0.2) is 33.7 Å². The number of thiazole rings is 1. The Balaban J connectivity index is 1.31. The van der Waals surface area contributed by atoms with Crippen LogP contribution in [0, 0.1) is 0 Å². The van der Waals surface area contributed by atoms with E-state index in [1.54, 1.807) is 6.07 Å². The summed E-state index contributed by atoms with van der Waals surface area (Å²) in [5, 5.41) is 4.05. The van der Waals surface area contributed by atoms with Crippen molar-refractivity contribution in [1.82, 2.24) is 20.0 Å². The zero-order valence-electron chi connectivity index (χ0n) is 14.1. The third kappa shape index (κ3) is 2.75. The normalized spacial score (nSPS) is 21.7. The molecular formula is C16H12F3N5O3S. The summed E-state index contributed by atoms with van der Waals surface area (Å²) in [5.41, 5.74) is 0.521. The predicted molar refractivity (Wildman–Crippen MR) is 89.7 cm³/mol. The van der Waals surface area contributed by atoms with Gasteiger partial charge in [0.25, 0.3) is 5.91 Å². The third-order valence-corrected chi connectivity index (χ3v) is 5.93. The van der Waals surface area contributed by atoms with E-state index in [9.17, 15) is 18.0 Å². The predicted octanol–water partition coefficient (Wildman–Crippen LogP) is 2.91. The second kappa shape index (κ2) is 6.06. The summed E-state index contributed by atoms with van der Waals surface area (Å²) in [4.78, 5) is 24.5. The standard InChI is InChI=1S/C16H12F3N5O3S/c17-16(18,19)14-21-12(22-27-14)11-4-20-15(28-11)24-6-9-3-10(24)5-23(9)13(25)8-1-2-26-7-8/h1-2,4,7,9-10H,3,5-6H2. The molecule has 8 nitrogen and oxygen atoms in total. The number of fused-ring (bicyclic) bond motifs is 2. The van der Waals surface area contributed by atoms with E-state index in [0.717, 1.165) is 6.42 Å². The molecule has 2 fully saturated rings. The van der Waals surface area contributed by atoms with E-state index in [1.807, 2.05) is 4.90 Å². The van der Waals surface area contributed by atoms with E-state index < -0.39 is 12.1 Å². The largest absolute Gasteiger partial charge is 0.472 e. The Morgan fingerprint density at radius 3 is 2.79 bits per heavy atom. The fourth-order valence-corrected chi connectivity index (χ4v) is 4.56. The molecule has 0 N–H and O–H groups in total. The van der Waals surface area contributed by atoms with Crippen molar-refractivity contribution in [2.75, 3.05) is 18.0 Å². The summed E-state index contributed by atoms with van der Waals surface area (Å²) in [6.07, 6.45) is 0.467. The van der Waals surface area contributed by atoms with Crippen molar-refractivity contribution in [3.05, 3.63) is 36.2 Å². The number of anilines is 1. The maximum atomic E-state index is 12.6. The fourth-order valence-electron chi connectivity index (χ4n) is 3.64. The van der Waals surface area contributed by atoms with Crippen LogP contribution in [0.1, 0.15) is 22.7 Å². The van der Waals surface area contributed by atoms with E-state index in [0.29, 0.717) is 28.7 Å². The van der Waals surface area contributed by atoms with Crippen LogP contribution in [0.3, 0.4) is 0 Å². The highest BCUT2D eigenvalue weighted by atomic mass is 32.1. The monoisotopic (exact) mass is 411 g/mol. The zero-order valence-corrected chi connectivity index (χ0v) is 14.9. The second-order valence-corrected chi connectivity index (χ2v) is 7.60. The molecule has 146 valence electrons. The van der Waals surface area contributed by atoms with Gasteiger partial charge in [-0.2, -0.15) is 18.2 Å². The van der Waals surface area contributed by atoms with Crippen LogP contribution in [0.25, 0.3) is 10.7 Å². The van der Waals surface area contributed by atoms with Crippen LogP contribution < -0.4 is 4.90 Å². The highest BCUT2D eigenvalue weighted by Crippen LogP contribution is 2.39. The highest BCUT2D eigenvalue weighted by molar-refractivity contribution is 7.18. The van der Waals surface area contributed by atoms with Gasteiger partial charge in [-0.15, -0.1) is 0 Å². The van der Waals surface area contributed by atoms with Gasteiger partial charge in [-0.25, -0.2) is 4.98 Å². The summed E-state index contributed by atoms with van der Waals surface area (Å²) in [7, 11) is 0. The molecule has 0 aliphatic carbocycles. The van der Waals surface area contributed by atoms with Gasteiger partial charge in [0, 0.05) is 13.1 Å². The quantitative estimate of drug-likeness (QED) is 0.655. The van der Waals surface area contributed by atoms with Gasteiger partial charge < -0.3 is 18.7 Å². The van der Waals surface area contributed by atoms with Crippen molar-refractivity contribution in [3.8, 4) is 10.7 Å². The van der Waals surface area contributed by atoms with Crippen LogP contribution in [0.5, 0.6) is 0 Å². The molecule has 0 aromatic carbocycles. The van der Waals surface area contributed by atoms with Crippen LogP contribution in [-0.4, -0.2) is 51.1 Å². The van der Waals surface area contributed by atoms with E-state index in [-0.39, 0.29) is 23.8 Å². The number of aromatic nitrogens is 3. The maximum absolute atomic E-state index is 12.6. The van der Waals surface area contributed by atoms with Crippen molar-refractivity contribution in [2.24, 2.45) is 0 Å². The van der Waals surface area contributed by atoms with Crippen LogP contribution in [0.2, 0.25) is 0 Å². The average molecular weight is 411 g/mol. The molecule has 0 saturated carbocycles. The zero-order chi connectivity index (χ0) is 19.5. The molecule has 2 aliphatic heterocycles. The lowest BCUT2D eigenvalue weighted by Gasteiger charge is -2.33. The summed E-state index contributed by atoms with van der Waals surface area (Å²) in [6, 6.07) is 1.80. The highest BCUT2D eigenvalue weighted by Gasteiger charge is 2.46. The van der Waals surface area contributed by atoms with E-state index in [2.05, 4.69) is 24.5 Å². The number of piperazine rings is 1. The van der Waals surface area contributed by atoms with E-state index in [4.69, 9.17) is 4.42 Å². The van der Waals surface area contributed by atoms with Crippen molar-refractivity contribution >= 4 is 22.4 Å². The molecule has 28 heavy (non-hydrogen) atoms. The molecule has 2 bridgehead atoms. The number of furan rings is 1. The van der Waals surface area contributed by atoms with Crippen LogP contribution in [-0.2, 0) is 6.18 Å². The molecule has 2 unspecified atom stereocenters. The molecule has 5 heterocycles. The van der Waals surface area contributed by atoms with Crippen LogP contribution >= 0.6 is 11.3 Å². The number of carbonyl (C=O) groups excluding carboxylic acids is 1. The minimum absolute atomic E-state index is 0.0572. The first-order valence-corrected chi connectivity index (χ1v) is 9.18. The fraction of sp³-hybridized carbons (Fsp3) is 0.375. The number of likely N-dealkylation sites (tertiary alicyclic amines) is 1. The maximum Gasteiger partial charge on any atom is 0.471 e. The number of carbonyl (C=O) groups is 1. The Morgan fingerprint density at radius 2 is 2.14 bits per heavy atom. The summed E-state index contributed by atoms with van der Waals surface area (Å²) in [6.45, 7) is 1.17. The second-order valence-electron chi connectivity index (χ2n) is 6.59. The van der Waals surface area contributed by atoms with Crippen molar-refractivity contribution in [1.29, 1.82) is 0 Å². The first-order chi connectivity index (χ1) is 13.4. The van der Waals surface area contributed by atoms with Crippen molar-refractivity contribution in [3.63, 3.8) is 0 Å². The minimum Gasteiger partial charge on any atom is -0.472 e. The molecule has 0 spiro atoms. The number of amides is 1. The molecule has 5 rings (SSSR count).